The third-order valence-corrected chi connectivity index (χ3v) is 7.31. The van der Waals surface area contributed by atoms with Gasteiger partial charge in [-0.3, -0.25) is 14.8 Å². The second-order valence-electron chi connectivity index (χ2n) is 6.51. The number of nitrogens with zero attached hydrogens (tertiary/aromatic N) is 2. The first-order valence-corrected chi connectivity index (χ1v) is 11.6. The van der Waals surface area contributed by atoms with Crippen LogP contribution < -0.4 is 9.62 Å². The third kappa shape index (κ3) is 4.37. The summed E-state index contributed by atoms with van der Waals surface area (Å²) in [5.74, 6) is 2.14. The molecule has 0 radical (unpaired) electrons. The molecule has 10 heteroatoms. The number of rotatable bonds is 5. The molecule has 1 fully saturated rings. The lowest BCUT2D eigenvalue weighted by molar-refractivity contribution is -0.385. The number of thioether (sulfide) groups is 1. The zero-order valence-electron chi connectivity index (χ0n) is 15.4. The predicted octanol–water partition coefficient (Wildman–Crippen LogP) is 4.22. The molecule has 7 nitrogen and oxygen atoms in total. The quantitative estimate of drug-likeness (QED) is 0.551. The number of nitrogens with one attached hydrogen (secondary N) is 1. The molecular weight excluding hydrogens is 422 g/mol. The van der Waals surface area contributed by atoms with E-state index in [4.69, 9.17) is 11.6 Å². The SMILES string of the molecule is Cc1cc(N2CCSCC2)ccc1NS(=O)(=O)c1cc(Cl)c(C)c([N+](=O)[O-])c1. The van der Waals surface area contributed by atoms with E-state index >= 15 is 0 Å². The highest BCUT2D eigenvalue weighted by Crippen LogP contribution is 2.31. The zero-order chi connectivity index (χ0) is 20.5. The van der Waals surface area contributed by atoms with Gasteiger partial charge in [0, 0.05) is 41.9 Å². The van der Waals surface area contributed by atoms with Gasteiger partial charge in [-0.25, -0.2) is 8.42 Å². The van der Waals surface area contributed by atoms with Crippen molar-refractivity contribution in [2.24, 2.45) is 0 Å². The van der Waals surface area contributed by atoms with Crippen molar-refractivity contribution in [2.75, 3.05) is 34.2 Å². The first-order valence-electron chi connectivity index (χ1n) is 8.60. The Morgan fingerprint density at radius 1 is 1.18 bits per heavy atom. The number of sulfonamides is 1. The maximum Gasteiger partial charge on any atom is 0.275 e. The number of aryl methyl sites for hydroxylation is 1. The van der Waals surface area contributed by atoms with Crippen LogP contribution in [-0.2, 0) is 10.0 Å². The highest BCUT2D eigenvalue weighted by Gasteiger charge is 2.23. The molecule has 1 heterocycles. The summed E-state index contributed by atoms with van der Waals surface area (Å²) in [7, 11) is -4.02. The minimum Gasteiger partial charge on any atom is -0.370 e. The summed E-state index contributed by atoms with van der Waals surface area (Å²) in [5, 5.41) is 11.2. The van der Waals surface area contributed by atoms with E-state index < -0.39 is 14.9 Å². The maximum atomic E-state index is 12.8. The normalized spacial score (nSPS) is 14.8. The summed E-state index contributed by atoms with van der Waals surface area (Å²) in [5.41, 5.74) is 2.14. The Morgan fingerprint density at radius 3 is 2.46 bits per heavy atom. The highest BCUT2D eigenvalue weighted by atomic mass is 35.5. The van der Waals surface area contributed by atoms with Crippen molar-refractivity contribution in [3.05, 3.63) is 56.6 Å². The van der Waals surface area contributed by atoms with Crippen LogP contribution in [0.2, 0.25) is 5.02 Å². The van der Waals surface area contributed by atoms with Crippen LogP contribution in [0.15, 0.2) is 35.2 Å². The molecule has 1 N–H and O–H groups in total. The third-order valence-electron chi connectivity index (χ3n) is 4.63. The van der Waals surface area contributed by atoms with Crippen LogP contribution in [0.4, 0.5) is 17.1 Å². The van der Waals surface area contributed by atoms with Crippen molar-refractivity contribution < 1.29 is 13.3 Å². The number of nitro groups is 1. The lowest BCUT2D eigenvalue weighted by Gasteiger charge is -2.29. The van der Waals surface area contributed by atoms with E-state index in [1.54, 1.807) is 6.07 Å². The molecular formula is C18H20ClN3O4S2. The molecule has 0 unspecified atom stereocenters. The summed E-state index contributed by atoms with van der Waals surface area (Å²) in [6.07, 6.45) is 0. The van der Waals surface area contributed by atoms with Crippen LogP contribution in [-0.4, -0.2) is 37.9 Å². The van der Waals surface area contributed by atoms with Crippen molar-refractivity contribution in [3.63, 3.8) is 0 Å². The molecule has 1 saturated heterocycles. The minimum atomic E-state index is -4.02. The van der Waals surface area contributed by atoms with Crippen LogP contribution in [0.25, 0.3) is 0 Å². The second-order valence-corrected chi connectivity index (χ2v) is 9.82. The Hall–Kier alpha value is -1.97. The van der Waals surface area contributed by atoms with Gasteiger partial charge >= 0.3 is 0 Å². The first kappa shape index (κ1) is 20.8. The first-order chi connectivity index (χ1) is 13.2. The Kier molecular flexibility index (Phi) is 6.07. The van der Waals surface area contributed by atoms with Crippen molar-refractivity contribution in [1.82, 2.24) is 0 Å². The van der Waals surface area contributed by atoms with Gasteiger partial charge in [0.25, 0.3) is 15.7 Å². The Morgan fingerprint density at radius 2 is 1.86 bits per heavy atom. The van der Waals surface area contributed by atoms with Gasteiger partial charge in [0.15, 0.2) is 0 Å². The van der Waals surface area contributed by atoms with Gasteiger partial charge in [-0.1, -0.05) is 11.6 Å². The van der Waals surface area contributed by atoms with Crippen LogP contribution in [0.5, 0.6) is 0 Å². The van der Waals surface area contributed by atoms with Crippen LogP contribution in [0, 0.1) is 24.0 Å². The Bertz CT molecular complexity index is 1020. The van der Waals surface area contributed by atoms with Gasteiger partial charge < -0.3 is 4.90 Å². The van der Waals surface area contributed by atoms with Crippen LogP contribution >= 0.6 is 23.4 Å². The van der Waals surface area contributed by atoms with E-state index in [-0.39, 0.29) is 21.2 Å². The predicted molar refractivity (Wildman–Crippen MR) is 114 cm³/mol. The smallest absolute Gasteiger partial charge is 0.275 e. The standard InChI is InChI=1S/C18H20ClN3O4S2/c1-12-9-14(21-5-7-27-8-6-21)3-4-17(12)20-28(25,26)15-10-16(19)13(2)18(11-15)22(23)24/h3-4,9-11,20H,5-8H2,1-2H3. The topological polar surface area (TPSA) is 92.6 Å². The van der Waals surface area contributed by atoms with Crippen LogP contribution in [0.1, 0.15) is 11.1 Å². The van der Waals surface area contributed by atoms with E-state index in [2.05, 4.69) is 9.62 Å². The molecule has 0 amide bonds. The molecule has 0 aromatic heterocycles. The molecule has 28 heavy (non-hydrogen) atoms. The lowest BCUT2D eigenvalue weighted by Crippen LogP contribution is -2.32. The largest absolute Gasteiger partial charge is 0.370 e. The number of halogens is 1. The molecule has 1 aliphatic rings. The van der Waals surface area contributed by atoms with Crippen molar-refractivity contribution in [3.8, 4) is 0 Å². The zero-order valence-corrected chi connectivity index (χ0v) is 17.8. The molecule has 0 aliphatic carbocycles. The maximum absolute atomic E-state index is 12.8. The molecule has 0 spiro atoms. The van der Waals surface area contributed by atoms with Crippen molar-refractivity contribution in [2.45, 2.75) is 18.7 Å². The van der Waals surface area contributed by atoms with E-state index in [0.29, 0.717) is 5.69 Å². The summed E-state index contributed by atoms with van der Waals surface area (Å²) >= 11 is 7.93. The van der Waals surface area contributed by atoms with E-state index in [1.165, 1.54) is 13.0 Å². The van der Waals surface area contributed by atoms with E-state index in [0.717, 1.165) is 41.9 Å². The Balaban J connectivity index is 1.89. The second kappa shape index (κ2) is 8.18. The van der Waals surface area contributed by atoms with Gasteiger partial charge in [0.2, 0.25) is 0 Å². The fourth-order valence-electron chi connectivity index (χ4n) is 2.97. The molecule has 0 bridgehead atoms. The summed E-state index contributed by atoms with van der Waals surface area (Å²) in [6.45, 7) is 5.22. The molecule has 2 aromatic rings. The van der Waals surface area contributed by atoms with Gasteiger partial charge in [0.1, 0.15) is 0 Å². The Labute approximate surface area is 173 Å². The average molecular weight is 442 g/mol. The molecule has 3 rings (SSSR count). The molecule has 0 saturated carbocycles. The van der Waals surface area contributed by atoms with Gasteiger partial charge in [0.05, 0.1) is 20.5 Å². The van der Waals surface area contributed by atoms with Crippen LogP contribution in [0.3, 0.4) is 0 Å². The number of hydrogen-bond donors (Lipinski definition) is 1. The fraction of sp³-hybridized carbons (Fsp3) is 0.333. The van der Waals surface area contributed by atoms with Crippen molar-refractivity contribution >= 4 is 50.4 Å². The van der Waals surface area contributed by atoms with Crippen molar-refractivity contribution in [1.29, 1.82) is 0 Å². The number of hydrogen-bond acceptors (Lipinski definition) is 6. The summed E-state index contributed by atoms with van der Waals surface area (Å²) in [6, 6.07) is 7.79. The highest BCUT2D eigenvalue weighted by molar-refractivity contribution is 7.99. The average Bonchev–Trinajstić information content (AvgIpc) is 2.65. The minimum absolute atomic E-state index is 0.0320. The summed E-state index contributed by atoms with van der Waals surface area (Å²) < 4.78 is 28.1. The van der Waals surface area contributed by atoms with E-state index in [1.807, 2.05) is 30.8 Å². The van der Waals surface area contributed by atoms with Gasteiger partial charge in [-0.05, 0) is 43.7 Å². The fourth-order valence-corrected chi connectivity index (χ4v) is 5.33. The molecule has 2 aromatic carbocycles. The lowest BCUT2D eigenvalue weighted by atomic mass is 10.1. The summed E-state index contributed by atoms with van der Waals surface area (Å²) in [4.78, 5) is 12.6. The van der Waals surface area contributed by atoms with Gasteiger partial charge in [-0.15, -0.1) is 0 Å². The monoisotopic (exact) mass is 441 g/mol. The number of nitro benzene ring substituents is 1. The molecule has 150 valence electrons. The van der Waals surface area contributed by atoms with E-state index in [9.17, 15) is 18.5 Å². The molecule has 1 aliphatic heterocycles. The van der Waals surface area contributed by atoms with Gasteiger partial charge in [-0.2, -0.15) is 11.8 Å². The number of anilines is 2. The number of benzene rings is 2. The molecule has 0 atom stereocenters.